The smallest absolute Gasteiger partial charge is 0.355 e. The van der Waals surface area contributed by atoms with Gasteiger partial charge in [0.2, 0.25) is 0 Å². The highest BCUT2D eigenvalue weighted by atomic mass is 32.1. The van der Waals surface area contributed by atoms with Crippen LogP contribution in [0.25, 0.3) is 4.83 Å². The lowest BCUT2D eigenvalue weighted by atomic mass is 10.1. The molecule has 0 fully saturated rings. The number of ether oxygens (including phenoxy) is 2. The molecule has 2 aromatic heterocycles. The van der Waals surface area contributed by atoms with Gasteiger partial charge < -0.3 is 13.9 Å². The first-order valence-electron chi connectivity index (χ1n) is 4.86. The van der Waals surface area contributed by atoms with E-state index in [1.54, 1.807) is 17.5 Å². The third-order valence-corrected chi connectivity index (χ3v) is 3.53. The summed E-state index contributed by atoms with van der Waals surface area (Å²) in [6.07, 6.45) is 1.73. The summed E-state index contributed by atoms with van der Waals surface area (Å²) in [6, 6.07) is 0. The van der Waals surface area contributed by atoms with Gasteiger partial charge in [0.15, 0.2) is 0 Å². The van der Waals surface area contributed by atoms with Crippen molar-refractivity contribution in [3.8, 4) is 0 Å². The fraction of sp³-hybridized carbons (Fsp3) is 0.273. The van der Waals surface area contributed by atoms with Crippen molar-refractivity contribution in [3.63, 3.8) is 0 Å². The van der Waals surface area contributed by atoms with E-state index in [1.165, 1.54) is 25.6 Å². The molecule has 0 aliphatic heterocycles. The Morgan fingerprint density at radius 3 is 2.47 bits per heavy atom. The van der Waals surface area contributed by atoms with Crippen molar-refractivity contribution in [2.45, 2.75) is 6.92 Å². The highest BCUT2D eigenvalue weighted by molar-refractivity contribution is 7.15. The maximum Gasteiger partial charge on any atom is 0.355 e. The first kappa shape index (κ1) is 11.7. The number of esters is 2. The fourth-order valence-corrected chi connectivity index (χ4v) is 2.64. The summed E-state index contributed by atoms with van der Waals surface area (Å²) in [5, 5.41) is 1.84. The van der Waals surface area contributed by atoms with Gasteiger partial charge in [-0.2, -0.15) is 0 Å². The van der Waals surface area contributed by atoms with Gasteiger partial charge in [0.1, 0.15) is 10.5 Å². The highest BCUT2D eigenvalue weighted by Crippen LogP contribution is 2.28. The third kappa shape index (κ3) is 1.61. The Labute approximate surface area is 102 Å². The molecule has 0 saturated carbocycles. The van der Waals surface area contributed by atoms with Crippen LogP contribution in [0.3, 0.4) is 0 Å². The molecule has 0 N–H and O–H groups in total. The molecule has 0 bridgehead atoms. The zero-order valence-electron chi connectivity index (χ0n) is 9.64. The second-order valence-corrected chi connectivity index (χ2v) is 4.30. The Morgan fingerprint density at radius 2 is 1.88 bits per heavy atom. The van der Waals surface area contributed by atoms with Crippen LogP contribution in [0.15, 0.2) is 11.6 Å². The maximum atomic E-state index is 11.7. The maximum absolute atomic E-state index is 11.7. The largest absolute Gasteiger partial charge is 0.465 e. The normalized spacial score (nSPS) is 10.5. The van der Waals surface area contributed by atoms with Gasteiger partial charge in [0, 0.05) is 17.1 Å². The van der Waals surface area contributed by atoms with E-state index >= 15 is 0 Å². The van der Waals surface area contributed by atoms with Crippen molar-refractivity contribution in [2.24, 2.45) is 0 Å². The first-order valence-corrected chi connectivity index (χ1v) is 5.74. The van der Waals surface area contributed by atoms with E-state index in [0.717, 1.165) is 10.4 Å². The number of methoxy groups -OCH3 is 2. The van der Waals surface area contributed by atoms with E-state index in [4.69, 9.17) is 9.47 Å². The van der Waals surface area contributed by atoms with Gasteiger partial charge >= 0.3 is 11.9 Å². The van der Waals surface area contributed by atoms with Gasteiger partial charge in [0.25, 0.3) is 0 Å². The second kappa shape index (κ2) is 4.21. The SMILES string of the molecule is COC(=O)c1c(C)c2sccn2c1C(=O)OC. The van der Waals surface area contributed by atoms with Crippen LogP contribution in [0.2, 0.25) is 0 Å². The number of carbonyl (C=O) groups is 2. The summed E-state index contributed by atoms with van der Waals surface area (Å²) in [5.41, 5.74) is 1.21. The molecule has 2 aromatic rings. The van der Waals surface area contributed by atoms with Crippen LogP contribution >= 0.6 is 11.3 Å². The number of nitrogens with zero attached hydrogens (tertiary/aromatic N) is 1. The van der Waals surface area contributed by atoms with Gasteiger partial charge in [-0.05, 0) is 6.92 Å². The Hall–Kier alpha value is -1.82. The predicted molar refractivity (Wildman–Crippen MR) is 62.7 cm³/mol. The van der Waals surface area contributed by atoms with E-state index in [9.17, 15) is 9.59 Å². The number of hydrogen-bond acceptors (Lipinski definition) is 5. The Bertz CT molecular complexity index is 596. The molecule has 0 aliphatic rings. The average molecular weight is 253 g/mol. The summed E-state index contributed by atoms with van der Waals surface area (Å²) >= 11 is 1.45. The minimum Gasteiger partial charge on any atom is -0.465 e. The van der Waals surface area contributed by atoms with Crippen LogP contribution in [0.4, 0.5) is 0 Å². The second-order valence-electron chi connectivity index (χ2n) is 3.41. The lowest BCUT2D eigenvalue weighted by Gasteiger charge is -2.02. The molecule has 17 heavy (non-hydrogen) atoms. The molecule has 0 radical (unpaired) electrons. The summed E-state index contributed by atoms with van der Waals surface area (Å²) in [6.45, 7) is 1.78. The number of hydrogen-bond donors (Lipinski definition) is 0. The van der Waals surface area contributed by atoms with E-state index in [1.807, 2.05) is 5.38 Å². The van der Waals surface area contributed by atoms with Gasteiger partial charge in [-0.25, -0.2) is 9.59 Å². The summed E-state index contributed by atoms with van der Waals surface area (Å²) in [7, 11) is 2.57. The number of fused-ring (bicyclic) bond motifs is 1. The molecule has 0 spiro atoms. The topological polar surface area (TPSA) is 57.0 Å². The van der Waals surface area contributed by atoms with Gasteiger partial charge in [-0.1, -0.05) is 0 Å². The number of aryl methyl sites for hydroxylation is 1. The highest BCUT2D eigenvalue weighted by Gasteiger charge is 2.27. The monoisotopic (exact) mass is 253 g/mol. The average Bonchev–Trinajstić information content (AvgIpc) is 2.90. The van der Waals surface area contributed by atoms with Crippen LogP contribution in [-0.2, 0) is 9.47 Å². The van der Waals surface area contributed by atoms with Crippen LogP contribution in [0, 0.1) is 6.92 Å². The van der Waals surface area contributed by atoms with Crippen LogP contribution < -0.4 is 0 Å². The minimum absolute atomic E-state index is 0.216. The molecule has 2 rings (SSSR count). The molecule has 6 heteroatoms. The molecular weight excluding hydrogens is 242 g/mol. The van der Waals surface area contributed by atoms with Crippen molar-refractivity contribution in [3.05, 3.63) is 28.4 Å². The lowest BCUT2D eigenvalue weighted by Crippen LogP contribution is -2.12. The molecule has 90 valence electrons. The van der Waals surface area contributed by atoms with Crippen molar-refractivity contribution < 1.29 is 19.1 Å². The number of carbonyl (C=O) groups excluding carboxylic acids is 2. The quantitative estimate of drug-likeness (QED) is 0.767. The van der Waals surface area contributed by atoms with E-state index in [0.29, 0.717) is 0 Å². The molecule has 0 amide bonds. The van der Waals surface area contributed by atoms with Gasteiger partial charge in [-0.15, -0.1) is 11.3 Å². The standard InChI is InChI=1S/C11H11NO4S/c1-6-7(10(13)15-2)8(11(14)16-3)12-4-5-17-9(6)12/h4-5H,1-3H3. The summed E-state index contributed by atoms with van der Waals surface area (Å²) in [5.74, 6) is -1.08. The molecule has 0 aliphatic carbocycles. The van der Waals surface area contributed by atoms with Crippen LogP contribution in [0.5, 0.6) is 0 Å². The van der Waals surface area contributed by atoms with Gasteiger partial charge in [-0.3, -0.25) is 0 Å². The number of aromatic nitrogens is 1. The van der Waals surface area contributed by atoms with Crippen LogP contribution in [-0.4, -0.2) is 30.6 Å². The lowest BCUT2D eigenvalue weighted by molar-refractivity contribution is 0.0550. The summed E-state index contributed by atoms with van der Waals surface area (Å²) in [4.78, 5) is 24.3. The van der Waals surface area contributed by atoms with Gasteiger partial charge in [0.05, 0.1) is 19.8 Å². The first-order chi connectivity index (χ1) is 8.11. The van der Waals surface area contributed by atoms with Crippen LogP contribution in [0.1, 0.15) is 26.4 Å². The predicted octanol–water partition coefficient (Wildman–Crippen LogP) is 1.88. The number of rotatable bonds is 2. The molecule has 2 heterocycles. The van der Waals surface area contributed by atoms with Crippen molar-refractivity contribution in [1.29, 1.82) is 0 Å². The molecule has 0 saturated heterocycles. The Balaban J connectivity index is 2.79. The molecule has 0 unspecified atom stereocenters. The van der Waals surface area contributed by atoms with Crippen molar-refractivity contribution in [2.75, 3.05) is 14.2 Å². The number of thiazole rings is 1. The Morgan fingerprint density at radius 1 is 1.24 bits per heavy atom. The van der Waals surface area contributed by atoms with E-state index < -0.39 is 11.9 Å². The fourth-order valence-electron chi connectivity index (χ4n) is 1.78. The molecular formula is C11H11NO4S. The zero-order valence-corrected chi connectivity index (χ0v) is 10.5. The third-order valence-electron chi connectivity index (χ3n) is 2.55. The van der Waals surface area contributed by atoms with E-state index in [-0.39, 0.29) is 11.3 Å². The van der Waals surface area contributed by atoms with Crippen molar-refractivity contribution >= 4 is 28.1 Å². The minimum atomic E-state index is -0.549. The zero-order chi connectivity index (χ0) is 12.6. The molecule has 5 nitrogen and oxygen atoms in total. The molecule has 0 atom stereocenters. The Kier molecular flexibility index (Phi) is 2.89. The van der Waals surface area contributed by atoms with E-state index in [2.05, 4.69) is 0 Å². The van der Waals surface area contributed by atoms with Crippen molar-refractivity contribution in [1.82, 2.24) is 4.40 Å². The summed E-state index contributed by atoms with van der Waals surface area (Å²) < 4.78 is 11.0. The molecule has 0 aromatic carbocycles.